The summed E-state index contributed by atoms with van der Waals surface area (Å²) in [6.45, 7) is 12.2. The number of carbonyl (C=O) groups excluding carboxylic acids is 1. The van der Waals surface area contributed by atoms with Crippen molar-refractivity contribution in [3.8, 4) is 11.5 Å². The summed E-state index contributed by atoms with van der Waals surface area (Å²) in [5.41, 5.74) is 9.23. The number of carbonyl (C=O) groups is 1. The van der Waals surface area contributed by atoms with E-state index in [1.54, 1.807) is 25.3 Å². The van der Waals surface area contributed by atoms with Crippen LogP contribution >= 0.6 is 0 Å². The number of ether oxygens (including phenoxy) is 4. The molecule has 6 unspecified atom stereocenters. The summed E-state index contributed by atoms with van der Waals surface area (Å²) in [5, 5.41) is 3.94. The Labute approximate surface area is 333 Å². The first-order chi connectivity index (χ1) is 26.6. The molecular weight excluding hydrogens is 685 g/mol. The Morgan fingerprint density at radius 1 is 0.709 bits per heavy atom. The van der Waals surface area contributed by atoms with Gasteiger partial charge in [-0.3, -0.25) is 4.79 Å². The third-order valence-electron chi connectivity index (χ3n) is 15.9. The highest BCUT2D eigenvalue weighted by molar-refractivity contribution is 5.87. The monoisotopic (exact) mass is 757 g/mol. The molecule has 2 aromatic rings. The largest absolute Gasteiger partial charge is 0.467 e. The Hall–Kier alpha value is -2.45. The van der Waals surface area contributed by atoms with Crippen molar-refractivity contribution in [3.63, 3.8) is 0 Å². The lowest BCUT2D eigenvalue weighted by Crippen LogP contribution is -2.49. The van der Waals surface area contributed by atoms with Crippen LogP contribution in [0.15, 0.2) is 24.3 Å². The van der Waals surface area contributed by atoms with Crippen molar-refractivity contribution in [3.05, 3.63) is 57.6 Å². The molecule has 0 radical (unpaired) electrons. The van der Waals surface area contributed by atoms with Crippen LogP contribution in [0.25, 0.3) is 0 Å². The van der Waals surface area contributed by atoms with Crippen molar-refractivity contribution >= 4 is 5.78 Å². The molecule has 4 fully saturated rings. The van der Waals surface area contributed by atoms with E-state index in [1.807, 2.05) is 0 Å². The van der Waals surface area contributed by atoms with Crippen molar-refractivity contribution in [2.45, 2.75) is 135 Å². The highest BCUT2D eigenvalue weighted by atomic mass is 16.7. The van der Waals surface area contributed by atoms with E-state index in [0.29, 0.717) is 48.6 Å². The topological polar surface area (TPSA) is 69.3 Å². The highest BCUT2D eigenvalue weighted by Crippen LogP contribution is 2.62. The molecule has 1 N–H and O–H groups in total. The summed E-state index contributed by atoms with van der Waals surface area (Å²) in [5.74, 6) is 6.93. The van der Waals surface area contributed by atoms with Crippen LogP contribution in [-0.4, -0.2) is 71.7 Å². The standard InChI is InChI=1S/C26H42N2O2.C22H30O3/c1-6-18-15-22-19(16-24(18)30-17-29-5)7-8-21-20(22)11-12-26(2)23(21)9-10-25(26)27-13-14-28(3)4;1-4-14-11-18-15(12-20(14)25-13-24-3)5-6-17-16(18)9-10-22(2)19(17)7-8-21(22)23/h15-16,20-21,23,25,27H,6-14,17H2,1-5H3;11-12,16-17,19H,4-10,13H2,1-3H3/t20?,21?,23?,25-,26-;16?,17?,19?,22-/m00/s1. The van der Waals surface area contributed by atoms with E-state index in [-0.39, 0.29) is 5.41 Å². The molecule has 8 rings (SSSR count). The van der Waals surface area contributed by atoms with Crippen molar-refractivity contribution in [1.82, 2.24) is 10.2 Å². The summed E-state index contributed by atoms with van der Waals surface area (Å²) < 4.78 is 22.0. The molecule has 55 heavy (non-hydrogen) atoms. The van der Waals surface area contributed by atoms with Crippen LogP contribution in [0.2, 0.25) is 0 Å². The minimum absolute atomic E-state index is 0.0340. The van der Waals surface area contributed by atoms with Gasteiger partial charge in [-0.15, -0.1) is 0 Å². The normalized spacial score (nSPS) is 33.0. The molecule has 7 nitrogen and oxygen atoms in total. The van der Waals surface area contributed by atoms with Gasteiger partial charge in [-0.2, -0.15) is 0 Å². The van der Waals surface area contributed by atoms with E-state index in [9.17, 15) is 4.79 Å². The molecule has 6 aliphatic carbocycles. The summed E-state index contributed by atoms with van der Waals surface area (Å²) in [6, 6.07) is 10.2. The second kappa shape index (κ2) is 17.2. The third kappa shape index (κ3) is 7.78. The van der Waals surface area contributed by atoms with Gasteiger partial charge in [0.2, 0.25) is 0 Å². The molecule has 2 aromatic carbocycles. The van der Waals surface area contributed by atoms with Gasteiger partial charge in [0.25, 0.3) is 0 Å². The van der Waals surface area contributed by atoms with Crippen LogP contribution < -0.4 is 14.8 Å². The molecule has 0 saturated heterocycles. The van der Waals surface area contributed by atoms with E-state index in [2.05, 4.69) is 76.3 Å². The molecule has 0 aromatic heterocycles. The van der Waals surface area contributed by atoms with Gasteiger partial charge in [-0.05, 0) is 184 Å². The molecule has 0 heterocycles. The van der Waals surface area contributed by atoms with Gasteiger partial charge < -0.3 is 29.2 Å². The number of fused-ring (bicyclic) bond motifs is 10. The summed E-state index contributed by atoms with van der Waals surface area (Å²) in [6.07, 6.45) is 16.5. The second-order valence-corrected chi connectivity index (χ2v) is 18.8. The van der Waals surface area contributed by atoms with E-state index < -0.39 is 0 Å². The molecule has 4 saturated carbocycles. The molecule has 304 valence electrons. The molecule has 9 atom stereocenters. The maximum atomic E-state index is 12.5. The number of aryl methyl sites for hydroxylation is 4. The van der Waals surface area contributed by atoms with Crippen molar-refractivity contribution in [2.75, 3.05) is 55.0 Å². The lowest BCUT2D eigenvalue weighted by Gasteiger charge is -2.51. The van der Waals surface area contributed by atoms with E-state index in [1.165, 1.54) is 67.2 Å². The van der Waals surface area contributed by atoms with Gasteiger partial charge in [-0.1, -0.05) is 39.8 Å². The average molecular weight is 757 g/mol. The number of Topliss-reactive ketones (excluding diaryl/α,β-unsaturated/α-hetero) is 1. The molecular formula is C48H72N2O5. The van der Waals surface area contributed by atoms with E-state index >= 15 is 0 Å². The zero-order chi connectivity index (χ0) is 38.9. The van der Waals surface area contributed by atoms with Crippen molar-refractivity contribution in [1.29, 1.82) is 0 Å². The first-order valence-corrected chi connectivity index (χ1v) is 22.0. The fourth-order valence-corrected chi connectivity index (χ4v) is 12.9. The van der Waals surface area contributed by atoms with Crippen molar-refractivity contribution < 1.29 is 23.7 Å². The third-order valence-corrected chi connectivity index (χ3v) is 15.9. The summed E-state index contributed by atoms with van der Waals surface area (Å²) in [7, 11) is 7.69. The minimum atomic E-state index is -0.0340. The van der Waals surface area contributed by atoms with Crippen LogP contribution in [0.1, 0.15) is 137 Å². The predicted molar refractivity (Wildman–Crippen MR) is 221 cm³/mol. The maximum Gasteiger partial charge on any atom is 0.188 e. The molecule has 7 heteroatoms. The fourth-order valence-electron chi connectivity index (χ4n) is 12.9. The molecule has 0 bridgehead atoms. The van der Waals surface area contributed by atoms with Crippen LogP contribution in [0, 0.1) is 34.5 Å². The lowest BCUT2D eigenvalue weighted by molar-refractivity contribution is -0.129. The van der Waals surface area contributed by atoms with Gasteiger partial charge in [0, 0.05) is 45.2 Å². The number of hydrogen-bond acceptors (Lipinski definition) is 7. The smallest absolute Gasteiger partial charge is 0.188 e. The number of benzene rings is 2. The number of ketones is 1. The number of rotatable bonds is 12. The Bertz CT molecular complexity index is 1660. The van der Waals surface area contributed by atoms with Crippen LogP contribution in [0.3, 0.4) is 0 Å². The molecule has 0 spiro atoms. The second-order valence-electron chi connectivity index (χ2n) is 18.8. The Kier molecular flexibility index (Phi) is 12.7. The Morgan fingerprint density at radius 2 is 1.27 bits per heavy atom. The Morgan fingerprint density at radius 3 is 1.82 bits per heavy atom. The lowest BCUT2D eigenvalue weighted by atomic mass is 9.55. The maximum absolute atomic E-state index is 12.5. The zero-order valence-corrected chi connectivity index (χ0v) is 35.6. The van der Waals surface area contributed by atoms with Gasteiger partial charge in [0.15, 0.2) is 13.6 Å². The van der Waals surface area contributed by atoms with Gasteiger partial charge in [0.05, 0.1) is 0 Å². The number of likely N-dealkylation sites (N-methyl/N-ethyl adjacent to an activating group) is 1. The Balaban J connectivity index is 0.000000172. The first kappa shape index (κ1) is 40.7. The minimum Gasteiger partial charge on any atom is -0.467 e. The van der Waals surface area contributed by atoms with Crippen LogP contribution in [0.5, 0.6) is 11.5 Å². The molecule has 6 aliphatic rings. The van der Waals surface area contributed by atoms with Crippen LogP contribution in [0.4, 0.5) is 0 Å². The highest BCUT2D eigenvalue weighted by Gasteiger charge is 2.56. The summed E-state index contributed by atoms with van der Waals surface area (Å²) in [4.78, 5) is 14.8. The number of nitrogens with zero attached hydrogens (tertiary/aromatic N) is 1. The number of methoxy groups -OCH3 is 2. The fraction of sp³-hybridized carbons (Fsp3) is 0.729. The van der Waals surface area contributed by atoms with Crippen LogP contribution in [-0.2, 0) is 40.0 Å². The molecule has 0 aliphatic heterocycles. The van der Waals surface area contributed by atoms with E-state index in [0.717, 1.165) is 87.3 Å². The van der Waals surface area contributed by atoms with Gasteiger partial charge >= 0.3 is 0 Å². The summed E-state index contributed by atoms with van der Waals surface area (Å²) >= 11 is 0. The number of hydrogen-bond donors (Lipinski definition) is 1. The molecule has 0 amide bonds. The van der Waals surface area contributed by atoms with E-state index in [4.69, 9.17) is 18.9 Å². The van der Waals surface area contributed by atoms with Gasteiger partial charge in [-0.25, -0.2) is 0 Å². The number of nitrogens with one attached hydrogen (secondary N) is 1. The first-order valence-electron chi connectivity index (χ1n) is 22.0. The van der Waals surface area contributed by atoms with Crippen molar-refractivity contribution in [2.24, 2.45) is 34.5 Å². The van der Waals surface area contributed by atoms with Gasteiger partial charge in [0.1, 0.15) is 17.3 Å². The predicted octanol–water partition coefficient (Wildman–Crippen LogP) is 9.26. The quantitative estimate of drug-likeness (QED) is 0.217. The zero-order valence-electron chi connectivity index (χ0n) is 35.6. The average Bonchev–Trinajstić information content (AvgIpc) is 3.69. The SMILES string of the molecule is CCc1cc2c(cc1OCOC)CCC1C2CC[C@@]2(C)C1CC[C@@H]2NCCN(C)C.CCc1cc2c(cc1OCOC)CCC1C2CC[C@]2(C)C(=O)CCC12.